The van der Waals surface area contributed by atoms with E-state index >= 15 is 0 Å². The van der Waals surface area contributed by atoms with Crippen molar-refractivity contribution in [3.05, 3.63) is 30.1 Å². The van der Waals surface area contributed by atoms with Crippen LogP contribution in [0.4, 0.5) is 14.9 Å². The smallest absolute Gasteiger partial charge is 0.408 e. The van der Waals surface area contributed by atoms with E-state index in [4.69, 9.17) is 4.74 Å². The van der Waals surface area contributed by atoms with Gasteiger partial charge in [-0.25, -0.2) is 9.18 Å². The molecule has 6 heteroatoms. The monoisotopic (exact) mass is 308 g/mol. The fraction of sp³-hybridized carbons (Fsp3) is 0.500. The van der Waals surface area contributed by atoms with Crippen LogP contribution in [-0.2, 0) is 9.53 Å². The molecule has 1 fully saturated rings. The first kappa shape index (κ1) is 16.3. The highest BCUT2D eigenvalue weighted by Crippen LogP contribution is 2.22. The predicted octanol–water partition coefficient (Wildman–Crippen LogP) is 2.85. The highest BCUT2D eigenvalue weighted by Gasteiger charge is 2.32. The fourth-order valence-corrected chi connectivity index (χ4v) is 2.36. The highest BCUT2D eigenvalue weighted by molar-refractivity contribution is 5.99. The average Bonchev–Trinajstić information content (AvgIpc) is 2.39. The second-order valence-corrected chi connectivity index (χ2v) is 6.31. The Hall–Kier alpha value is -2.11. The molecule has 5 nitrogen and oxygen atoms in total. The number of anilines is 1. The van der Waals surface area contributed by atoms with E-state index in [2.05, 4.69) is 5.32 Å². The van der Waals surface area contributed by atoms with Gasteiger partial charge >= 0.3 is 6.09 Å². The summed E-state index contributed by atoms with van der Waals surface area (Å²) < 4.78 is 18.5. The summed E-state index contributed by atoms with van der Waals surface area (Å²) in [6, 6.07) is 5.23. The Morgan fingerprint density at radius 3 is 2.77 bits per heavy atom. The van der Waals surface area contributed by atoms with Crippen molar-refractivity contribution in [1.82, 2.24) is 5.32 Å². The van der Waals surface area contributed by atoms with Crippen LogP contribution in [-0.4, -0.2) is 30.2 Å². The molecule has 1 aromatic carbocycles. The first-order valence-corrected chi connectivity index (χ1v) is 7.33. The van der Waals surface area contributed by atoms with Gasteiger partial charge in [-0.3, -0.25) is 4.79 Å². The van der Waals surface area contributed by atoms with Crippen molar-refractivity contribution in [3.63, 3.8) is 0 Å². The molecular weight excluding hydrogens is 287 g/mol. The van der Waals surface area contributed by atoms with Crippen LogP contribution in [0, 0.1) is 5.82 Å². The van der Waals surface area contributed by atoms with Gasteiger partial charge in [-0.15, -0.1) is 0 Å². The molecule has 1 atom stereocenters. The fourth-order valence-electron chi connectivity index (χ4n) is 2.36. The van der Waals surface area contributed by atoms with E-state index in [9.17, 15) is 14.0 Å². The lowest BCUT2D eigenvalue weighted by molar-refractivity contribution is -0.121. The van der Waals surface area contributed by atoms with E-state index in [1.807, 2.05) is 0 Å². The van der Waals surface area contributed by atoms with Crippen LogP contribution in [0.3, 0.4) is 0 Å². The number of nitrogens with one attached hydrogen (secondary N) is 1. The first-order chi connectivity index (χ1) is 10.3. The molecular formula is C16H21FN2O3. The third-order valence-corrected chi connectivity index (χ3v) is 3.25. The molecule has 1 aliphatic heterocycles. The molecule has 2 rings (SSSR count). The van der Waals surface area contributed by atoms with Crippen LogP contribution >= 0.6 is 0 Å². The number of carbonyl (C=O) groups is 2. The van der Waals surface area contributed by atoms with Gasteiger partial charge in [0.1, 0.15) is 17.5 Å². The second kappa shape index (κ2) is 6.34. The van der Waals surface area contributed by atoms with Crippen molar-refractivity contribution in [3.8, 4) is 0 Å². The summed E-state index contributed by atoms with van der Waals surface area (Å²) >= 11 is 0. The Morgan fingerprint density at radius 2 is 2.14 bits per heavy atom. The van der Waals surface area contributed by atoms with E-state index in [-0.39, 0.29) is 5.91 Å². The normalized spacial score (nSPS) is 19.0. The number of alkyl carbamates (subject to hydrolysis) is 1. The summed E-state index contributed by atoms with van der Waals surface area (Å²) in [5.74, 6) is -0.643. The number of piperidine rings is 1. The molecule has 1 heterocycles. The van der Waals surface area contributed by atoms with Gasteiger partial charge < -0.3 is 15.0 Å². The minimum absolute atomic E-state index is 0.247. The van der Waals surface area contributed by atoms with Crippen molar-refractivity contribution in [2.24, 2.45) is 0 Å². The lowest BCUT2D eigenvalue weighted by Crippen LogP contribution is -2.53. The Bertz CT molecular complexity index is 569. The third kappa shape index (κ3) is 4.19. The van der Waals surface area contributed by atoms with Gasteiger partial charge in [0.25, 0.3) is 0 Å². The van der Waals surface area contributed by atoms with Crippen molar-refractivity contribution in [2.45, 2.75) is 45.3 Å². The summed E-state index contributed by atoms with van der Waals surface area (Å²) in [4.78, 5) is 25.8. The maximum absolute atomic E-state index is 13.3. The van der Waals surface area contributed by atoms with Gasteiger partial charge in [-0.1, -0.05) is 6.07 Å². The molecule has 0 saturated carbocycles. The Kier molecular flexibility index (Phi) is 4.68. The standard InChI is InChI=1S/C16H21FN2O3/c1-16(2,3)22-15(21)18-13-8-5-9-19(14(13)20)12-7-4-6-11(17)10-12/h4,6-7,10,13H,5,8-9H2,1-3H3,(H,18,21). The number of hydrogen-bond acceptors (Lipinski definition) is 3. The molecule has 22 heavy (non-hydrogen) atoms. The van der Waals surface area contributed by atoms with E-state index in [1.54, 1.807) is 32.9 Å². The van der Waals surface area contributed by atoms with E-state index in [1.165, 1.54) is 17.0 Å². The van der Waals surface area contributed by atoms with Gasteiger partial charge in [0.15, 0.2) is 0 Å². The van der Waals surface area contributed by atoms with Crippen molar-refractivity contribution >= 4 is 17.7 Å². The van der Waals surface area contributed by atoms with Gasteiger partial charge in [0.2, 0.25) is 5.91 Å². The average molecular weight is 308 g/mol. The van der Waals surface area contributed by atoms with Gasteiger partial charge in [0.05, 0.1) is 0 Å². The number of nitrogens with zero attached hydrogens (tertiary/aromatic N) is 1. The molecule has 1 aromatic rings. The summed E-state index contributed by atoms with van der Waals surface area (Å²) in [5.41, 5.74) is -0.120. The molecule has 0 spiro atoms. The molecule has 0 radical (unpaired) electrons. The zero-order chi connectivity index (χ0) is 16.3. The number of rotatable bonds is 2. The molecule has 1 saturated heterocycles. The SMILES string of the molecule is CC(C)(C)OC(=O)NC1CCCN(c2cccc(F)c2)C1=O. The number of halogens is 1. The maximum Gasteiger partial charge on any atom is 0.408 e. The van der Waals surface area contributed by atoms with Crippen LogP contribution in [0.25, 0.3) is 0 Å². The molecule has 1 aliphatic rings. The molecule has 0 bridgehead atoms. The minimum atomic E-state index is -0.646. The largest absolute Gasteiger partial charge is 0.444 e. The Morgan fingerprint density at radius 1 is 1.41 bits per heavy atom. The second-order valence-electron chi connectivity index (χ2n) is 6.31. The maximum atomic E-state index is 13.3. The van der Waals surface area contributed by atoms with Crippen LogP contribution < -0.4 is 10.2 Å². The molecule has 2 amide bonds. The van der Waals surface area contributed by atoms with E-state index in [0.717, 1.165) is 6.42 Å². The molecule has 1 unspecified atom stereocenters. The molecule has 0 aromatic heterocycles. The first-order valence-electron chi connectivity index (χ1n) is 7.33. The molecule has 1 N–H and O–H groups in total. The van der Waals surface area contributed by atoms with E-state index in [0.29, 0.717) is 18.7 Å². The number of benzene rings is 1. The number of ether oxygens (including phenoxy) is 1. The quantitative estimate of drug-likeness (QED) is 0.914. The van der Waals surface area contributed by atoms with Crippen molar-refractivity contribution in [2.75, 3.05) is 11.4 Å². The highest BCUT2D eigenvalue weighted by atomic mass is 19.1. The predicted molar refractivity (Wildman–Crippen MR) is 81.1 cm³/mol. The molecule has 120 valence electrons. The lowest BCUT2D eigenvalue weighted by Gasteiger charge is -2.33. The van der Waals surface area contributed by atoms with E-state index < -0.39 is 23.6 Å². The summed E-state index contributed by atoms with van der Waals surface area (Å²) in [7, 11) is 0. The van der Waals surface area contributed by atoms with Gasteiger partial charge in [-0.05, 0) is 51.8 Å². The van der Waals surface area contributed by atoms with Gasteiger partial charge in [0, 0.05) is 12.2 Å². The Balaban J connectivity index is 2.06. The summed E-state index contributed by atoms with van der Waals surface area (Å²) in [6.07, 6.45) is 0.652. The summed E-state index contributed by atoms with van der Waals surface area (Å²) in [6.45, 7) is 5.78. The molecule has 0 aliphatic carbocycles. The number of amides is 2. The third-order valence-electron chi connectivity index (χ3n) is 3.25. The van der Waals surface area contributed by atoms with Crippen molar-refractivity contribution < 1.29 is 18.7 Å². The van der Waals surface area contributed by atoms with Gasteiger partial charge in [-0.2, -0.15) is 0 Å². The summed E-state index contributed by atoms with van der Waals surface area (Å²) in [5, 5.41) is 2.59. The topological polar surface area (TPSA) is 58.6 Å². The van der Waals surface area contributed by atoms with Crippen molar-refractivity contribution in [1.29, 1.82) is 0 Å². The number of carbonyl (C=O) groups excluding carboxylic acids is 2. The number of hydrogen-bond donors (Lipinski definition) is 1. The zero-order valence-corrected chi connectivity index (χ0v) is 13.1. The van der Waals surface area contributed by atoms with Crippen LogP contribution in [0.1, 0.15) is 33.6 Å². The van der Waals surface area contributed by atoms with Crippen LogP contribution in [0.5, 0.6) is 0 Å². The Labute approximate surface area is 129 Å². The minimum Gasteiger partial charge on any atom is -0.444 e. The lowest BCUT2D eigenvalue weighted by atomic mass is 10.0. The zero-order valence-electron chi connectivity index (χ0n) is 13.1. The van der Waals surface area contributed by atoms with Crippen LogP contribution in [0.2, 0.25) is 0 Å². The van der Waals surface area contributed by atoms with Crippen LogP contribution in [0.15, 0.2) is 24.3 Å².